The fraction of sp³-hybridized carbons (Fsp3) is 0.349. The maximum atomic E-state index is 14.9. The Balaban J connectivity index is 1.12. The number of phenolic OH excluding ortho intramolecular Hbond substituents is 2. The van der Waals surface area contributed by atoms with Crippen LogP contribution < -0.4 is 19.7 Å². The Labute approximate surface area is 439 Å². The van der Waals surface area contributed by atoms with Crippen molar-refractivity contribution in [1.82, 2.24) is 14.9 Å². The van der Waals surface area contributed by atoms with Gasteiger partial charge in [0.1, 0.15) is 40.7 Å². The molecule has 10 rings (SSSR count). The van der Waals surface area contributed by atoms with Crippen LogP contribution >= 0.6 is 0 Å². The molecule has 4 bridgehead atoms. The van der Waals surface area contributed by atoms with Crippen molar-refractivity contribution >= 4 is 34.0 Å². The van der Waals surface area contributed by atoms with Gasteiger partial charge >= 0.3 is 5.97 Å². The number of aromatic amines is 1. The summed E-state index contributed by atoms with van der Waals surface area (Å²) in [4.78, 5) is 47.4. The molecule has 388 valence electrons. The van der Waals surface area contributed by atoms with Gasteiger partial charge in [0.25, 0.3) is 0 Å². The summed E-state index contributed by atoms with van der Waals surface area (Å²) in [7, 11) is 1.57. The Bertz CT molecular complexity index is 3190. The number of nitrogens with one attached hydrogen (secondary N) is 2. The van der Waals surface area contributed by atoms with Crippen LogP contribution in [-0.4, -0.2) is 63.6 Å². The SMILES string of the molecule is COc1cc([C@@H]2CC(=O)C[C@H](OC(C)=O)CC[C@@]3(C=CC=C[C@@H]3C)Cc3c[nH]cc3C[C@@H](c3cccc(O)c3)C3=CCNC(=C3)N(CCC(=O)C3CCCC3)c3cccc4cn2cc34)ccc1Oc1cccc(O)c1. The summed E-state index contributed by atoms with van der Waals surface area (Å²) >= 11 is 0. The van der Waals surface area contributed by atoms with Crippen molar-refractivity contribution in [1.29, 1.82) is 0 Å². The van der Waals surface area contributed by atoms with E-state index in [0.717, 1.165) is 70.2 Å². The zero-order chi connectivity index (χ0) is 52.1. The molecular formula is C63H68N4O8. The van der Waals surface area contributed by atoms with E-state index >= 15 is 0 Å². The lowest BCUT2D eigenvalue weighted by Gasteiger charge is -2.38. The highest BCUT2D eigenvalue weighted by Crippen LogP contribution is 2.45. The zero-order valence-electron chi connectivity index (χ0n) is 43.2. The van der Waals surface area contributed by atoms with Crippen LogP contribution in [0.1, 0.15) is 106 Å². The molecule has 4 aliphatic rings. The number of rotatable bonds is 10. The van der Waals surface area contributed by atoms with E-state index < -0.39 is 18.1 Å². The highest BCUT2D eigenvalue weighted by Gasteiger charge is 2.37. The van der Waals surface area contributed by atoms with Crippen molar-refractivity contribution in [2.75, 3.05) is 25.1 Å². The molecule has 0 unspecified atom stereocenters. The summed E-state index contributed by atoms with van der Waals surface area (Å²) in [5.74, 6) is 2.33. The number of esters is 1. The molecule has 12 nitrogen and oxygen atoms in total. The predicted octanol–water partition coefficient (Wildman–Crippen LogP) is 12.5. The average Bonchev–Trinajstić information content (AvgIpc) is 4.21. The number of aromatic nitrogens is 2. The van der Waals surface area contributed by atoms with Gasteiger partial charge in [0.2, 0.25) is 0 Å². The van der Waals surface area contributed by atoms with Crippen molar-refractivity contribution in [2.45, 2.75) is 103 Å². The maximum Gasteiger partial charge on any atom is 0.302 e. The number of fused-ring (bicyclic) bond motifs is 3. The summed E-state index contributed by atoms with van der Waals surface area (Å²) in [6.07, 6.45) is 27.9. The van der Waals surface area contributed by atoms with E-state index in [1.807, 2.05) is 36.4 Å². The lowest BCUT2D eigenvalue weighted by molar-refractivity contribution is -0.148. The third-order valence-electron chi connectivity index (χ3n) is 16.1. The molecule has 5 atom stereocenters. The number of carbonyl (C=O) groups excluding carboxylic acids is 3. The highest BCUT2D eigenvalue weighted by molar-refractivity contribution is 5.95. The Morgan fingerprint density at radius 3 is 2.43 bits per heavy atom. The van der Waals surface area contributed by atoms with Crippen molar-refractivity contribution in [3.8, 4) is 28.7 Å². The number of Topliss-reactive ketones (excluding diaryl/α,β-unsaturated/α-hetero) is 2. The Morgan fingerprint density at radius 2 is 1.64 bits per heavy atom. The molecule has 2 aromatic heterocycles. The fourth-order valence-corrected chi connectivity index (χ4v) is 12.0. The van der Waals surface area contributed by atoms with Gasteiger partial charge in [-0.25, -0.2) is 0 Å². The van der Waals surface area contributed by atoms with E-state index in [0.29, 0.717) is 62.4 Å². The molecule has 0 amide bonds. The number of allylic oxidation sites excluding steroid dienone is 6. The Morgan fingerprint density at radius 1 is 0.840 bits per heavy atom. The first-order valence-corrected chi connectivity index (χ1v) is 26.6. The first kappa shape index (κ1) is 50.8. The molecule has 75 heavy (non-hydrogen) atoms. The normalized spacial score (nSPS) is 22.5. The van der Waals surface area contributed by atoms with Crippen molar-refractivity contribution in [3.05, 3.63) is 180 Å². The van der Waals surface area contributed by atoms with E-state index in [9.17, 15) is 24.6 Å². The molecule has 2 aliphatic carbocycles. The number of ether oxygens (including phenoxy) is 3. The van der Waals surface area contributed by atoms with Crippen molar-refractivity contribution in [2.24, 2.45) is 17.3 Å². The Hall–Kier alpha value is -7.73. The number of hydrogen-bond acceptors (Lipinski definition) is 10. The van der Waals surface area contributed by atoms with Crippen LogP contribution in [0.15, 0.2) is 158 Å². The molecular weight excluding hydrogens is 941 g/mol. The van der Waals surface area contributed by atoms with Crippen LogP contribution in [-0.2, 0) is 32.0 Å². The second-order valence-corrected chi connectivity index (χ2v) is 21.0. The number of dihydropyridines is 1. The lowest BCUT2D eigenvalue weighted by Crippen LogP contribution is -2.36. The van der Waals surface area contributed by atoms with E-state index in [2.05, 4.69) is 106 Å². The number of hydrogen-bond donors (Lipinski definition) is 4. The second-order valence-electron chi connectivity index (χ2n) is 21.0. The Kier molecular flexibility index (Phi) is 15.2. The summed E-state index contributed by atoms with van der Waals surface area (Å²) in [6, 6.07) is 25.5. The summed E-state index contributed by atoms with van der Waals surface area (Å²) in [6.45, 7) is 4.64. The molecule has 4 aromatic carbocycles. The molecule has 0 radical (unpaired) electrons. The predicted molar refractivity (Wildman–Crippen MR) is 292 cm³/mol. The number of nitrogens with zero attached hydrogens (tertiary/aromatic N) is 2. The third kappa shape index (κ3) is 11.5. The van der Waals surface area contributed by atoms with E-state index in [1.165, 1.54) is 18.6 Å². The topological polar surface area (TPSA) is 155 Å². The van der Waals surface area contributed by atoms with Crippen LogP contribution in [0.4, 0.5) is 5.69 Å². The standard InChI is InChI=1S/C63H68N4O8/c1-41-11-6-7-25-63(41)26-22-54(74-42(2)68)34-52(71)35-58(46-20-21-60(61(31-46)73-3)75-53-18-10-17-51(70)33-53)66-39-47-15-9-19-57(56(47)40-66)67(28-24-59(72)43-12-4-5-13-43)62-32-45(23-27-65-62)55(44-14-8-16-50(69)29-44)30-48-37-64-38-49(48)36-63/h6-11,14-21,23,25,29,31-33,37-41,43,54-55,58,64-65,69-70H,4-5,12-13,22,24,26-28,30,34-36H2,1-3H3/t41-,54+,55-,58-,63-/m0/s1. The minimum Gasteiger partial charge on any atom is -0.508 e. The van der Waals surface area contributed by atoms with E-state index in [1.54, 1.807) is 31.4 Å². The number of benzene rings is 4. The molecule has 1 spiro atoms. The van der Waals surface area contributed by atoms with Crippen LogP contribution in [0, 0.1) is 17.3 Å². The monoisotopic (exact) mass is 1010 g/mol. The number of H-pyrrole nitrogens is 1. The molecule has 6 aromatic rings. The quantitative estimate of drug-likeness (QED) is 0.0975. The third-order valence-corrected chi connectivity index (χ3v) is 16.1. The molecule has 2 aliphatic heterocycles. The van der Waals surface area contributed by atoms with E-state index in [-0.39, 0.29) is 59.1 Å². The smallest absolute Gasteiger partial charge is 0.302 e. The van der Waals surface area contributed by atoms with E-state index in [4.69, 9.17) is 14.2 Å². The van der Waals surface area contributed by atoms with Gasteiger partial charge in [0, 0.05) is 92.7 Å². The molecule has 4 heterocycles. The summed E-state index contributed by atoms with van der Waals surface area (Å²) in [5, 5.41) is 26.8. The number of phenols is 2. The van der Waals surface area contributed by atoms with Gasteiger partial charge in [-0.3, -0.25) is 14.4 Å². The van der Waals surface area contributed by atoms with Crippen LogP contribution in [0.25, 0.3) is 10.8 Å². The maximum absolute atomic E-state index is 14.9. The minimum atomic E-state index is -0.663. The molecule has 1 saturated carbocycles. The number of methoxy groups -OCH3 is 1. The van der Waals surface area contributed by atoms with Gasteiger partial charge in [0.05, 0.1) is 18.8 Å². The molecule has 12 heteroatoms. The van der Waals surface area contributed by atoms with Crippen LogP contribution in [0.3, 0.4) is 0 Å². The first-order valence-electron chi connectivity index (χ1n) is 26.6. The zero-order valence-corrected chi connectivity index (χ0v) is 43.2. The first-order chi connectivity index (χ1) is 36.4. The number of ketones is 2. The van der Waals surface area contributed by atoms with Gasteiger partial charge in [-0.1, -0.05) is 86.5 Å². The minimum absolute atomic E-state index is 0.0285. The highest BCUT2D eigenvalue weighted by atomic mass is 16.5. The van der Waals surface area contributed by atoms with Gasteiger partial charge in [-0.15, -0.1) is 0 Å². The van der Waals surface area contributed by atoms with Crippen molar-refractivity contribution < 1.29 is 38.8 Å². The largest absolute Gasteiger partial charge is 0.508 e. The number of carbonyl (C=O) groups is 3. The molecule has 0 saturated heterocycles. The summed E-state index contributed by atoms with van der Waals surface area (Å²) in [5.41, 5.74) is 5.79. The van der Waals surface area contributed by atoms with Gasteiger partial charge < -0.3 is 44.2 Å². The number of aromatic hydroxyl groups is 2. The number of anilines is 1. The van der Waals surface area contributed by atoms with Gasteiger partial charge in [0.15, 0.2) is 11.5 Å². The molecule has 4 N–H and O–H groups in total. The van der Waals surface area contributed by atoms with Crippen molar-refractivity contribution in [3.63, 3.8) is 0 Å². The van der Waals surface area contributed by atoms with Crippen LogP contribution in [0.2, 0.25) is 0 Å². The second kappa shape index (κ2) is 22.4. The summed E-state index contributed by atoms with van der Waals surface area (Å²) < 4.78 is 20.3. The van der Waals surface area contributed by atoms with Gasteiger partial charge in [-0.2, -0.15) is 0 Å². The fourth-order valence-electron chi connectivity index (χ4n) is 12.0. The van der Waals surface area contributed by atoms with Gasteiger partial charge in [-0.05, 0) is 126 Å². The van der Waals surface area contributed by atoms with Crippen LogP contribution in [0.5, 0.6) is 28.7 Å². The average molecular weight is 1010 g/mol. The molecule has 1 fully saturated rings. The lowest BCUT2D eigenvalue weighted by atomic mass is 9.66.